The third kappa shape index (κ3) is 6.17. The zero-order valence-corrected chi connectivity index (χ0v) is 10.7. The van der Waals surface area contributed by atoms with Crippen LogP contribution in [0, 0.1) is 0 Å². The van der Waals surface area contributed by atoms with E-state index < -0.39 is 0 Å². The summed E-state index contributed by atoms with van der Waals surface area (Å²) in [6, 6.07) is 7.68. The summed E-state index contributed by atoms with van der Waals surface area (Å²) in [6.45, 7) is 5.12. The van der Waals surface area contributed by atoms with Gasteiger partial charge >= 0.3 is 0 Å². The maximum atomic E-state index is 9.11. The molecule has 1 aromatic carbocycles. The fourth-order valence-electron chi connectivity index (χ4n) is 1.55. The molecule has 1 rings (SSSR count). The molecule has 3 nitrogen and oxygen atoms in total. The van der Waals surface area contributed by atoms with Gasteiger partial charge in [0.2, 0.25) is 0 Å². The van der Waals surface area contributed by atoms with Crippen LogP contribution in [0.1, 0.15) is 33.1 Å². The van der Waals surface area contributed by atoms with E-state index in [4.69, 9.17) is 14.6 Å². The van der Waals surface area contributed by atoms with Crippen LogP contribution >= 0.6 is 0 Å². The summed E-state index contributed by atoms with van der Waals surface area (Å²) in [5.41, 5.74) is 0. The molecule has 3 heteroatoms. The van der Waals surface area contributed by atoms with Gasteiger partial charge in [0.1, 0.15) is 11.5 Å². The zero-order chi connectivity index (χ0) is 12.5. The van der Waals surface area contributed by atoms with Crippen LogP contribution in [-0.2, 0) is 0 Å². The largest absolute Gasteiger partial charge is 0.494 e. The Hall–Kier alpha value is -1.22. The van der Waals surface area contributed by atoms with E-state index in [0.29, 0.717) is 13.2 Å². The van der Waals surface area contributed by atoms with Crippen LogP contribution in [0.4, 0.5) is 0 Å². The second kappa shape index (κ2) is 7.96. The maximum absolute atomic E-state index is 9.11. The maximum Gasteiger partial charge on any atom is 0.122 e. The number of ether oxygens (including phenoxy) is 2. The lowest BCUT2D eigenvalue weighted by Gasteiger charge is -2.09. The Bertz CT molecular complexity index is 310. The van der Waals surface area contributed by atoms with Gasteiger partial charge < -0.3 is 14.6 Å². The lowest BCUT2D eigenvalue weighted by Crippen LogP contribution is -2.02. The van der Waals surface area contributed by atoms with E-state index in [2.05, 4.69) is 0 Å². The highest BCUT2D eigenvalue weighted by Crippen LogP contribution is 2.19. The molecule has 17 heavy (non-hydrogen) atoms. The van der Waals surface area contributed by atoms with Gasteiger partial charge in [-0.2, -0.15) is 0 Å². The Kier molecular flexibility index (Phi) is 6.48. The predicted octanol–water partition coefficient (Wildman–Crippen LogP) is 3.02. The Labute approximate surface area is 103 Å². The molecule has 0 aliphatic rings. The molecule has 96 valence electrons. The van der Waals surface area contributed by atoms with Crippen molar-refractivity contribution >= 4 is 0 Å². The van der Waals surface area contributed by atoms with Crippen LogP contribution in [-0.4, -0.2) is 24.4 Å². The molecule has 0 bridgehead atoms. The van der Waals surface area contributed by atoms with E-state index in [-0.39, 0.29) is 6.10 Å². The van der Waals surface area contributed by atoms with E-state index in [9.17, 15) is 0 Å². The van der Waals surface area contributed by atoms with Crippen molar-refractivity contribution in [2.45, 2.75) is 39.2 Å². The summed E-state index contributed by atoms with van der Waals surface area (Å²) in [5, 5.41) is 9.11. The smallest absolute Gasteiger partial charge is 0.122 e. The summed E-state index contributed by atoms with van der Waals surface area (Å²) >= 11 is 0. The third-order valence-corrected chi connectivity index (χ3v) is 2.40. The van der Waals surface area contributed by atoms with Crippen LogP contribution in [0.2, 0.25) is 0 Å². The first kappa shape index (κ1) is 13.8. The number of unbranched alkanes of at least 4 members (excludes halogenated alkanes) is 1. The first-order chi connectivity index (χ1) is 8.22. The summed E-state index contributed by atoms with van der Waals surface area (Å²) in [4.78, 5) is 0. The molecule has 0 fully saturated rings. The van der Waals surface area contributed by atoms with Crippen molar-refractivity contribution in [1.29, 1.82) is 0 Å². The van der Waals surface area contributed by atoms with E-state index in [1.165, 1.54) is 0 Å². The monoisotopic (exact) mass is 238 g/mol. The molecule has 1 atom stereocenters. The van der Waals surface area contributed by atoms with Crippen molar-refractivity contribution in [1.82, 2.24) is 0 Å². The minimum absolute atomic E-state index is 0.212. The lowest BCUT2D eigenvalue weighted by molar-refractivity contribution is 0.177. The summed E-state index contributed by atoms with van der Waals surface area (Å²) in [7, 11) is 0. The number of benzene rings is 1. The summed E-state index contributed by atoms with van der Waals surface area (Å²) in [6.07, 6.45) is 2.57. The van der Waals surface area contributed by atoms with Crippen LogP contribution in [0.15, 0.2) is 24.3 Å². The highest BCUT2D eigenvalue weighted by atomic mass is 16.5. The van der Waals surface area contributed by atoms with E-state index in [0.717, 1.165) is 30.8 Å². The number of rotatable bonds is 8. The van der Waals surface area contributed by atoms with Gasteiger partial charge in [-0.3, -0.25) is 0 Å². The van der Waals surface area contributed by atoms with Gasteiger partial charge in [-0.15, -0.1) is 0 Å². The lowest BCUT2D eigenvalue weighted by atomic mass is 10.2. The molecule has 1 aromatic rings. The Morgan fingerprint density at radius 1 is 1.18 bits per heavy atom. The molecular formula is C14H22O3. The van der Waals surface area contributed by atoms with Gasteiger partial charge in [0, 0.05) is 6.07 Å². The van der Waals surface area contributed by atoms with Gasteiger partial charge in [-0.25, -0.2) is 0 Å². The van der Waals surface area contributed by atoms with Gasteiger partial charge in [0.25, 0.3) is 0 Å². The molecule has 0 amide bonds. The highest BCUT2D eigenvalue weighted by molar-refractivity contribution is 5.32. The van der Waals surface area contributed by atoms with Gasteiger partial charge in [-0.05, 0) is 45.2 Å². The second-order valence-corrected chi connectivity index (χ2v) is 4.10. The summed E-state index contributed by atoms with van der Waals surface area (Å²) < 4.78 is 11.0. The van der Waals surface area contributed by atoms with Crippen LogP contribution in [0.5, 0.6) is 11.5 Å². The van der Waals surface area contributed by atoms with E-state index >= 15 is 0 Å². The molecule has 0 aliphatic heterocycles. The molecule has 0 heterocycles. The average Bonchev–Trinajstić information content (AvgIpc) is 2.29. The van der Waals surface area contributed by atoms with Crippen molar-refractivity contribution in [3.63, 3.8) is 0 Å². The quantitative estimate of drug-likeness (QED) is 0.707. The number of hydrogen-bond acceptors (Lipinski definition) is 3. The molecule has 1 N–H and O–H groups in total. The van der Waals surface area contributed by atoms with Crippen molar-refractivity contribution in [3.05, 3.63) is 24.3 Å². The molecule has 0 spiro atoms. The van der Waals surface area contributed by atoms with Crippen molar-refractivity contribution in [3.8, 4) is 11.5 Å². The fourth-order valence-corrected chi connectivity index (χ4v) is 1.55. The normalized spacial score (nSPS) is 12.2. The Morgan fingerprint density at radius 3 is 2.53 bits per heavy atom. The Balaban J connectivity index is 2.24. The zero-order valence-electron chi connectivity index (χ0n) is 10.7. The number of hydrogen-bond donors (Lipinski definition) is 1. The summed E-state index contributed by atoms with van der Waals surface area (Å²) in [5.74, 6) is 1.68. The first-order valence-electron chi connectivity index (χ1n) is 6.26. The van der Waals surface area contributed by atoms with E-state index in [1.807, 2.05) is 38.1 Å². The van der Waals surface area contributed by atoms with Crippen LogP contribution < -0.4 is 9.47 Å². The molecule has 1 unspecified atom stereocenters. The highest BCUT2D eigenvalue weighted by Gasteiger charge is 1.98. The number of aliphatic hydroxyl groups excluding tert-OH is 1. The fraction of sp³-hybridized carbons (Fsp3) is 0.571. The number of aliphatic hydroxyl groups is 1. The SMILES string of the molecule is CCOc1cccc(OCCCCC(C)O)c1. The molecular weight excluding hydrogens is 216 g/mol. The molecule has 0 aromatic heterocycles. The third-order valence-electron chi connectivity index (χ3n) is 2.40. The van der Waals surface area contributed by atoms with Crippen molar-refractivity contribution in [2.75, 3.05) is 13.2 Å². The van der Waals surface area contributed by atoms with Crippen LogP contribution in [0.25, 0.3) is 0 Å². The van der Waals surface area contributed by atoms with Gasteiger partial charge in [0.15, 0.2) is 0 Å². The minimum Gasteiger partial charge on any atom is -0.494 e. The Morgan fingerprint density at radius 2 is 1.88 bits per heavy atom. The van der Waals surface area contributed by atoms with Gasteiger partial charge in [-0.1, -0.05) is 6.07 Å². The molecule has 0 radical (unpaired) electrons. The van der Waals surface area contributed by atoms with Crippen LogP contribution in [0.3, 0.4) is 0 Å². The average molecular weight is 238 g/mol. The minimum atomic E-state index is -0.212. The molecule has 0 saturated carbocycles. The van der Waals surface area contributed by atoms with Crippen molar-refractivity contribution < 1.29 is 14.6 Å². The topological polar surface area (TPSA) is 38.7 Å². The second-order valence-electron chi connectivity index (χ2n) is 4.10. The standard InChI is InChI=1S/C14H22O3/c1-3-16-13-8-6-9-14(11-13)17-10-5-4-7-12(2)15/h6,8-9,11-12,15H,3-5,7,10H2,1-2H3. The molecule has 0 aliphatic carbocycles. The van der Waals surface area contributed by atoms with Crippen molar-refractivity contribution in [2.24, 2.45) is 0 Å². The van der Waals surface area contributed by atoms with Gasteiger partial charge in [0.05, 0.1) is 19.3 Å². The van der Waals surface area contributed by atoms with E-state index in [1.54, 1.807) is 0 Å². The first-order valence-corrected chi connectivity index (χ1v) is 6.26. The molecule has 0 saturated heterocycles. The predicted molar refractivity (Wildman–Crippen MR) is 68.6 cm³/mol.